The van der Waals surface area contributed by atoms with Crippen LogP contribution in [0.1, 0.15) is 53.4 Å². The number of alkyl halides is 5. The number of pyridine rings is 1. The maximum absolute atomic E-state index is 14.6. The quantitative estimate of drug-likeness (QED) is 0.249. The number of amides is 1. The summed E-state index contributed by atoms with van der Waals surface area (Å²) in [6.45, 7) is 1.32. The molecular formula is C26H19ClF6N2O2. The Bertz CT molecular complexity index is 1370. The monoisotopic (exact) mass is 540 g/mol. The zero-order chi connectivity index (χ0) is 27.2. The number of nitrogens with zero attached hydrogens (tertiary/aromatic N) is 1. The van der Waals surface area contributed by atoms with Gasteiger partial charge >= 0.3 is 6.18 Å². The van der Waals surface area contributed by atoms with Gasteiger partial charge in [-0.3, -0.25) is 14.6 Å². The van der Waals surface area contributed by atoms with E-state index in [0.717, 1.165) is 24.4 Å². The van der Waals surface area contributed by atoms with Crippen LogP contribution in [-0.4, -0.2) is 17.2 Å². The Morgan fingerprint density at radius 2 is 1.81 bits per heavy atom. The Kier molecular flexibility index (Phi) is 6.83. The predicted molar refractivity (Wildman–Crippen MR) is 125 cm³/mol. The van der Waals surface area contributed by atoms with Crippen molar-refractivity contribution in [1.29, 1.82) is 0 Å². The molecule has 4 rings (SSSR count). The Balaban J connectivity index is 1.61. The third-order valence-corrected chi connectivity index (χ3v) is 6.67. The van der Waals surface area contributed by atoms with Gasteiger partial charge in [0.25, 0.3) is 5.92 Å². The Morgan fingerprint density at radius 1 is 1.11 bits per heavy atom. The number of rotatable bonds is 7. The smallest absolute Gasteiger partial charge is 0.325 e. The van der Waals surface area contributed by atoms with Gasteiger partial charge in [0.1, 0.15) is 11.5 Å². The van der Waals surface area contributed by atoms with Gasteiger partial charge in [-0.1, -0.05) is 30.7 Å². The maximum atomic E-state index is 14.6. The van der Waals surface area contributed by atoms with E-state index in [0.29, 0.717) is 17.9 Å². The van der Waals surface area contributed by atoms with Crippen molar-refractivity contribution in [2.75, 3.05) is 5.32 Å². The number of nitrogens with one attached hydrogen (secondary N) is 1. The molecule has 3 aromatic rings. The van der Waals surface area contributed by atoms with Crippen LogP contribution in [0, 0.1) is 5.82 Å². The highest BCUT2D eigenvalue weighted by Crippen LogP contribution is 2.50. The second-order valence-corrected chi connectivity index (χ2v) is 9.17. The van der Waals surface area contributed by atoms with Gasteiger partial charge in [-0.15, -0.1) is 0 Å². The summed E-state index contributed by atoms with van der Waals surface area (Å²) in [6.07, 6.45) is -3.10. The number of hydrogen-bond donors (Lipinski definition) is 1. The van der Waals surface area contributed by atoms with E-state index < -0.39 is 46.9 Å². The third-order valence-electron chi connectivity index (χ3n) is 6.37. The molecule has 1 aliphatic rings. The van der Waals surface area contributed by atoms with Crippen molar-refractivity contribution in [1.82, 2.24) is 4.98 Å². The van der Waals surface area contributed by atoms with E-state index in [4.69, 9.17) is 11.6 Å². The summed E-state index contributed by atoms with van der Waals surface area (Å²) in [5, 5.41) is 2.58. The van der Waals surface area contributed by atoms with E-state index in [9.17, 15) is 35.9 Å². The van der Waals surface area contributed by atoms with Gasteiger partial charge in [0.15, 0.2) is 6.29 Å². The zero-order valence-electron chi connectivity index (χ0n) is 19.2. The maximum Gasteiger partial charge on any atom is 0.416 e. The van der Waals surface area contributed by atoms with Crippen molar-refractivity contribution in [3.8, 4) is 11.1 Å². The van der Waals surface area contributed by atoms with Crippen molar-refractivity contribution < 1.29 is 35.9 Å². The molecule has 1 aromatic heterocycles. The van der Waals surface area contributed by atoms with Gasteiger partial charge in [-0.25, -0.2) is 4.39 Å². The predicted octanol–water partition coefficient (Wildman–Crippen LogP) is 7.54. The van der Waals surface area contributed by atoms with E-state index in [-0.39, 0.29) is 40.2 Å². The van der Waals surface area contributed by atoms with Gasteiger partial charge in [0, 0.05) is 40.6 Å². The molecule has 2 aromatic carbocycles. The lowest BCUT2D eigenvalue weighted by molar-refractivity contribution is -0.137. The Morgan fingerprint density at radius 3 is 2.32 bits per heavy atom. The number of aldehydes is 1. The van der Waals surface area contributed by atoms with Crippen LogP contribution < -0.4 is 5.32 Å². The highest BCUT2D eigenvalue weighted by Gasteiger charge is 2.53. The summed E-state index contributed by atoms with van der Waals surface area (Å²) in [6, 6.07) is 7.15. The molecule has 0 bridgehead atoms. The van der Waals surface area contributed by atoms with Crippen LogP contribution in [0.25, 0.3) is 11.1 Å². The Hall–Kier alpha value is -3.40. The highest BCUT2D eigenvalue weighted by molar-refractivity contribution is 6.34. The van der Waals surface area contributed by atoms with Gasteiger partial charge in [0.2, 0.25) is 5.91 Å². The van der Waals surface area contributed by atoms with Gasteiger partial charge in [-0.05, 0) is 43.2 Å². The van der Waals surface area contributed by atoms with Gasteiger partial charge in [-0.2, -0.15) is 22.0 Å². The molecular weight excluding hydrogens is 522 g/mol. The van der Waals surface area contributed by atoms with Crippen molar-refractivity contribution in [3.63, 3.8) is 0 Å². The van der Waals surface area contributed by atoms with E-state index in [1.54, 1.807) is 0 Å². The molecule has 37 heavy (non-hydrogen) atoms. The first-order valence-electron chi connectivity index (χ1n) is 11.1. The molecule has 1 N–H and O–H groups in total. The highest BCUT2D eigenvalue weighted by atomic mass is 35.5. The topological polar surface area (TPSA) is 59.1 Å². The average Bonchev–Trinajstić information content (AvgIpc) is 3.65. The molecule has 11 heteroatoms. The molecule has 1 amide bonds. The first-order chi connectivity index (χ1) is 17.3. The van der Waals surface area contributed by atoms with Crippen molar-refractivity contribution in [2.24, 2.45) is 0 Å². The van der Waals surface area contributed by atoms with E-state index in [1.807, 2.05) is 0 Å². The summed E-state index contributed by atoms with van der Waals surface area (Å²) in [5.74, 6) is -4.93. The number of halogens is 7. The summed E-state index contributed by atoms with van der Waals surface area (Å²) < 4.78 is 81.0. The summed E-state index contributed by atoms with van der Waals surface area (Å²) >= 11 is 6.37. The van der Waals surface area contributed by atoms with Crippen LogP contribution in [0.4, 0.5) is 32.0 Å². The molecule has 0 saturated heterocycles. The minimum Gasteiger partial charge on any atom is -0.325 e. The Labute approximate surface area is 212 Å². The molecule has 0 unspecified atom stereocenters. The van der Waals surface area contributed by atoms with Crippen LogP contribution in [-0.2, 0) is 22.3 Å². The zero-order valence-corrected chi connectivity index (χ0v) is 20.0. The van der Waals surface area contributed by atoms with E-state index in [1.165, 1.54) is 25.1 Å². The summed E-state index contributed by atoms with van der Waals surface area (Å²) in [4.78, 5) is 28.6. The molecule has 1 fully saturated rings. The number of carbonyl (C=O) groups excluding carboxylic acids is 2. The minimum atomic E-state index is -4.73. The number of benzene rings is 2. The van der Waals surface area contributed by atoms with Gasteiger partial charge < -0.3 is 5.32 Å². The molecule has 0 aliphatic heterocycles. The molecule has 0 atom stereocenters. The molecule has 1 aliphatic carbocycles. The van der Waals surface area contributed by atoms with Crippen LogP contribution in [0.5, 0.6) is 0 Å². The second kappa shape index (κ2) is 9.48. The van der Waals surface area contributed by atoms with Crippen molar-refractivity contribution in [2.45, 2.75) is 43.7 Å². The normalized spacial score (nSPS) is 14.8. The molecule has 1 saturated carbocycles. The first kappa shape index (κ1) is 26.7. The SMILES string of the molecule is CCC(F)(F)c1ccc(-c2c(Cl)cc(NC(=O)C3(c4ccc(C(F)(F)F)cc4F)CC3)cc2C=O)cn1. The summed E-state index contributed by atoms with van der Waals surface area (Å²) in [7, 11) is 0. The third kappa shape index (κ3) is 5.07. The average molecular weight is 541 g/mol. The van der Waals surface area contributed by atoms with Crippen molar-refractivity contribution in [3.05, 3.63) is 81.9 Å². The number of aromatic nitrogens is 1. The van der Waals surface area contributed by atoms with Crippen LogP contribution in [0.2, 0.25) is 5.02 Å². The lowest BCUT2D eigenvalue weighted by Gasteiger charge is -2.19. The fourth-order valence-corrected chi connectivity index (χ4v) is 4.45. The van der Waals surface area contributed by atoms with Crippen LogP contribution >= 0.6 is 11.6 Å². The standard InChI is InChI=1S/C26H19ClF6N2O2/c1-2-25(29,30)21-6-3-14(12-34-21)22-15(13-36)9-17(11-19(22)27)35-23(37)24(7-8-24)18-5-4-16(10-20(18)28)26(31,32)33/h3-6,9-13H,2,7-8H2,1H3,(H,35,37). The summed E-state index contributed by atoms with van der Waals surface area (Å²) in [5.41, 5.74) is -2.47. The van der Waals surface area contributed by atoms with Crippen molar-refractivity contribution >= 4 is 29.5 Å². The molecule has 0 spiro atoms. The number of anilines is 1. The molecule has 4 nitrogen and oxygen atoms in total. The number of hydrogen-bond acceptors (Lipinski definition) is 3. The second-order valence-electron chi connectivity index (χ2n) is 8.76. The van der Waals surface area contributed by atoms with Gasteiger partial charge in [0.05, 0.1) is 16.0 Å². The fraction of sp³-hybridized carbons (Fsp3) is 0.269. The minimum absolute atomic E-state index is 0.0160. The first-order valence-corrected chi connectivity index (χ1v) is 11.5. The van der Waals surface area contributed by atoms with Crippen LogP contribution in [0.3, 0.4) is 0 Å². The largest absolute Gasteiger partial charge is 0.416 e. The lowest BCUT2D eigenvalue weighted by Crippen LogP contribution is -2.29. The lowest BCUT2D eigenvalue weighted by atomic mass is 9.93. The molecule has 0 radical (unpaired) electrons. The fourth-order valence-electron chi connectivity index (χ4n) is 4.11. The van der Waals surface area contributed by atoms with E-state index >= 15 is 0 Å². The molecule has 194 valence electrons. The molecule has 1 heterocycles. The van der Waals surface area contributed by atoms with E-state index in [2.05, 4.69) is 10.3 Å². The van der Waals surface area contributed by atoms with Crippen LogP contribution in [0.15, 0.2) is 48.7 Å². The number of carbonyl (C=O) groups is 2.